The number of nitrogens with zero attached hydrogens (tertiary/aromatic N) is 1. The molecule has 1 amide bonds. The summed E-state index contributed by atoms with van der Waals surface area (Å²) >= 11 is 3.45. The number of rotatable bonds is 8. The van der Waals surface area contributed by atoms with Crippen LogP contribution in [-0.2, 0) is 15.3 Å². The highest BCUT2D eigenvalue weighted by atomic mass is 32.2. The monoisotopic (exact) mass is 360 g/mol. The average molecular weight is 360 g/mol. The van der Waals surface area contributed by atoms with E-state index in [1.54, 1.807) is 41.3 Å². The summed E-state index contributed by atoms with van der Waals surface area (Å²) in [4.78, 5) is 24.8. The lowest BCUT2D eigenvalue weighted by molar-refractivity contribution is -0.124. The highest BCUT2D eigenvalue weighted by molar-refractivity contribution is 7.98. The summed E-state index contributed by atoms with van der Waals surface area (Å²) in [7, 11) is 0. The molecule has 0 radical (unpaired) electrons. The molecule has 0 spiro atoms. The van der Waals surface area contributed by atoms with E-state index in [2.05, 4.69) is 11.4 Å². The lowest BCUT2D eigenvalue weighted by Gasteiger charge is -2.06. The molecule has 1 N–H and O–H groups in total. The summed E-state index contributed by atoms with van der Waals surface area (Å²) in [5, 5.41) is 13.5. The number of carbonyl (C=O) groups excluding carboxylic acids is 2. The van der Waals surface area contributed by atoms with Crippen LogP contribution in [0.15, 0.2) is 41.8 Å². The molecule has 0 aliphatic carbocycles. The third-order valence-corrected chi connectivity index (χ3v) is 5.02. The maximum absolute atomic E-state index is 11.8. The summed E-state index contributed by atoms with van der Waals surface area (Å²) < 4.78 is 4.94. The van der Waals surface area contributed by atoms with Crippen LogP contribution in [-0.4, -0.2) is 30.8 Å². The molecule has 2 rings (SSSR count). The number of thiophene rings is 1. The average Bonchev–Trinajstić information content (AvgIpc) is 3.12. The van der Waals surface area contributed by atoms with Gasteiger partial charge >= 0.3 is 5.97 Å². The number of ether oxygens (including phenoxy) is 1. The van der Waals surface area contributed by atoms with Crippen molar-refractivity contribution in [3.63, 3.8) is 0 Å². The zero-order chi connectivity index (χ0) is 17.2. The van der Waals surface area contributed by atoms with Gasteiger partial charge in [0.25, 0.3) is 5.91 Å². The quantitative estimate of drug-likeness (QED) is 0.578. The molecule has 2 aromatic rings. The van der Waals surface area contributed by atoms with E-state index in [4.69, 9.17) is 10.00 Å². The molecule has 0 atom stereocenters. The minimum atomic E-state index is -0.616. The van der Waals surface area contributed by atoms with Crippen LogP contribution in [0.25, 0.3) is 0 Å². The fourth-order valence-corrected chi connectivity index (χ4v) is 3.51. The van der Waals surface area contributed by atoms with Gasteiger partial charge in [0.15, 0.2) is 6.61 Å². The number of hydrogen-bond acceptors (Lipinski definition) is 6. The van der Waals surface area contributed by atoms with E-state index in [1.165, 1.54) is 10.9 Å². The maximum Gasteiger partial charge on any atom is 0.338 e. The van der Waals surface area contributed by atoms with Crippen molar-refractivity contribution >= 4 is 35.0 Å². The smallest absolute Gasteiger partial charge is 0.338 e. The molecule has 1 aromatic carbocycles. The Balaban J connectivity index is 1.62. The SMILES string of the molecule is N#Cc1cccc(C(=O)OCC(=O)NCCSCc2cccs2)c1. The molecule has 1 heterocycles. The van der Waals surface area contributed by atoms with Gasteiger partial charge in [0.2, 0.25) is 0 Å². The van der Waals surface area contributed by atoms with Crippen molar-refractivity contribution in [2.45, 2.75) is 5.75 Å². The van der Waals surface area contributed by atoms with Gasteiger partial charge in [-0.05, 0) is 29.6 Å². The highest BCUT2D eigenvalue weighted by Gasteiger charge is 2.10. The number of nitriles is 1. The second-order valence-electron chi connectivity index (χ2n) is 4.75. The summed E-state index contributed by atoms with van der Waals surface area (Å²) in [6.45, 7) is 0.196. The number of nitrogens with one attached hydrogen (secondary N) is 1. The minimum Gasteiger partial charge on any atom is -0.452 e. The predicted octanol–water partition coefficient (Wildman–Crippen LogP) is 2.83. The number of esters is 1. The molecule has 0 bridgehead atoms. The van der Waals surface area contributed by atoms with Gasteiger partial charge in [0.05, 0.1) is 17.2 Å². The molecular formula is C17H16N2O3S2. The maximum atomic E-state index is 11.8. The second kappa shape index (κ2) is 9.75. The van der Waals surface area contributed by atoms with Crippen LogP contribution in [0.1, 0.15) is 20.8 Å². The van der Waals surface area contributed by atoms with Crippen molar-refractivity contribution in [3.05, 3.63) is 57.8 Å². The van der Waals surface area contributed by atoms with E-state index in [1.807, 2.05) is 17.5 Å². The third-order valence-electron chi connectivity index (χ3n) is 2.95. The minimum absolute atomic E-state index is 0.258. The molecule has 0 aliphatic heterocycles. The Bertz CT molecular complexity index is 724. The van der Waals surface area contributed by atoms with E-state index < -0.39 is 5.97 Å². The zero-order valence-electron chi connectivity index (χ0n) is 12.9. The Morgan fingerprint density at radius 3 is 2.92 bits per heavy atom. The lowest BCUT2D eigenvalue weighted by Crippen LogP contribution is -2.30. The van der Waals surface area contributed by atoms with Crippen LogP contribution >= 0.6 is 23.1 Å². The van der Waals surface area contributed by atoms with Gasteiger partial charge < -0.3 is 10.1 Å². The van der Waals surface area contributed by atoms with Crippen molar-refractivity contribution < 1.29 is 14.3 Å². The molecule has 24 heavy (non-hydrogen) atoms. The van der Waals surface area contributed by atoms with Gasteiger partial charge in [-0.2, -0.15) is 17.0 Å². The van der Waals surface area contributed by atoms with E-state index >= 15 is 0 Å². The van der Waals surface area contributed by atoms with E-state index in [9.17, 15) is 9.59 Å². The fourth-order valence-electron chi connectivity index (χ4n) is 1.81. The normalized spacial score (nSPS) is 9.96. The van der Waals surface area contributed by atoms with E-state index in [0.29, 0.717) is 12.1 Å². The lowest BCUT2D eigenvalue weighted by atomic mass is 10.1. The zero-order valence-corrected chi connectivity index (χ0v) is 14.5. The van der Waals surface area contributed by atoms with Crippen molar-refractivity contribution in [1.29, 1.82) is 5.26 Å². The summed E-state index contributed by atoms with van der Waals surface area (Å²) in [6, 6.07) is 12.2. The van der Waals surface area contributed by atoms with Gasteiger partial charge in [-0.1, -0.05) is 12.1 Å². The van der Waals surface area contributed by atoms with Gasteiger partial charge in [-0.15, -0.1) is 11.3 Å². The van der Waals surface area contributed by atoms with Crippen molar-refractivity contribution in [2.24, 2.45) is 0 Å². The number of hydrogen-bond donors (Lipinski definition) is 1. The van der Waals surface area contributed by atoms with Crippen molar-refractivity contribution in [3.8, 4) is 6.07 Å². The van der Waals surface area contributed by atoms with Crippen LogP contribution in [0.3, 0.4) is 0 Å². The second-order valence-corrected chi connectivity index (χ2v) is 6.89. The number of thioether (sulfide) groups is 1. The summed E-state index contributed by atoms with van der Waals surface area (Å²) in [5.74, 6) is 0.769. The van der Waals surface area contributed by atoms with E-state index in [0.717, 1.165) is 11.5 Å². The predicted molar refractivity (Wildman–Crippen MR) is 94.9 cm³/mol. The number of carbonyl (C=O) groups is 2. The van der Waals surface area contributed by atoms with Crippen LogP contribution in [0, 0.1) is 11.3 Å². The summed E-state index contributed by atoms with van der Waals surface area (Å²) in [5.41, 5.74) is 0.630. The number of benzene rings is 1. The molecule has 0 fully saturated rings. The topological polar surface area (TPSA) is 79.2 Å². The van der Waals surface area contributed by atoms with Crippen LogP contribution in [0.5, 0.6) is 0 Å². The molecule has 0 saturated carbocycles. The first kappa shape index (κ1) is 18.0. The van der Waals surface area contributed by atoms with Crippen LogP contribution in [0.2, 0.25) is 0 Å². The first-order valence-corrected chi connectivity index (χ1v) is 9.26. The van der Waals surface area contributed by atoms with Crippen LogP contribution < -0.4 is 5.32 Å². The third kappa shape index (κ3) is 6.07. The fraction of sp³-hybridized carbons (Fsp3) is 0.235. The molecule has 0 aliphatic rings. The Labute approximate surface area is 148 Å². The molecule has 0 saturated heterocycles. The van der Waals surface area contributed by atoms with Gasteiger partial charge in [-0.3, -0.25) is 4.79 Å². The molecule has 7 heteroatoms. The molecule has 124 valence electrons. The van der Waals surface area contributed by atoms with Crippen molar-refractivity contribution in [2.75, 3.05) is 18.9 Å². The Morgan fingerprint density at radius 2 is 2.17 bits per heavy atom. The standard InChI is InChI=1S/C17H16N2O3S2/c18-10-13-3-1-4-14(9-13)17(21)22-11-16(20)19-6-8-23-12-15-5-2-7-24-15/h1-5,7,9H,6,8,11-12H2,(H,19,20). The number of amides is 1. The Morgan fingerprint density at radius 1 is 1.29 bits per heavy atom. The van der Waals surface area contributed by atoms with Gasteiger partial charge in [0.1, 0.15) is 0 Å². The van der Waals surface area contributed by atoms with Gasteiger partial charge in [0, 0.05) is 22.9 Å². The van der Waals surface area contributed by atoms with Gasteiger partial charge in [-0.25, -0.2) is 4.79 Å². The first-order valence-electron chi connectivity index (χ1n) is 7.23. The van der Waals surface area contributed by atoms with Crippen molar-refractivity contribution in [1.82, 2.24) is 5.32 Å². The Hall–Kier alpha value is -2.30. The molecule has 5 nitrogen and oxygen atoms in total. The highest BCUT2D eigenvalue weighted by Crippen LogP contribution is 2.16. The molecular weight excluding hydrogens is 344 g/mol. The molecule has 0 unspecified atom stereocenters. The Kier molecular flexibility index (Phi) is 7.33. The largest absolute Gasteiger partial charge is 0.452 e. The molecule has 1 aromatic heterocycles. The first-order chi connectivity index (χ1) is 11.7. The van der Waals surface area contributed by atoms with Crippen LogP contribution in [0.4, 0.5) is 0 Å². The van der Waals surface area contributed by atoms with E-state index in [-0.39, 0.29) is 18.1 Å². The summed E-state index contributed by atoms with van der Waals surface area (Å²) in [6.07, 6.45) is 0.